The second-order valence-corrected chi connectivity index (χ2v) is 6.63. The van der Waals surface area contributed by atoms with E-state index in [1.54, 1.807) is 0 Å². The van der Waals surface area contributed by atoms with Gasteiger partial charge in [0.1, 0.15) is 12.4 Å². The van der Waals surface area contributed by atoms with Gasteiger partial charge in [-0.1, -0.05) is 26.0 Å². The number of ether oxygens (including phenoxy) is 3. The minimum atomic E-state index is -0.364. The number of carbonyl (C=O) groups excluding carboxylic acids is 1. The van der Waals surface area contributed by atoms with E-state index in [1.807, 2.05) is 31.2 Å². The fourth-order valence-corrected chi connectivity index (χ4v) is 2.35. The van der Waals surface area contributed by atoms with Crippen molar-refractivity contribution in [2.24, 2.45) is 5.92 Å². The third-order valence-electron chi connectivity index (χ3n) is 3.86. The van der Waals surface area contributed by atoms with E-state index < -0.39 is 0 Å². The second kappa shape index (κ2) is 10.4. The lowest BCUT2D eigenvalue weighted by Crippen LogP contribution is -2.13. The van der Waals surface area contributed by atoms with Crippen LogP contribution in [0.15, 0.2) is 41.3 Å². The number of pyridine rings is 1. The molecule has 0 aliphatic heterocycles. The number of carbonyl (C=O) groups is 1. The van der Waals surface area contributed by atoms with Gasteiger partial charge in [-0.05, 0) is 37.0 Å². The normalized spacial score (nSPS) is 10.7. The molecule has 1 N–H and O–H groups in total. The summed E-state index contributed by atoms with van der Waals surface area (Å²) < 4.78 is 16.1. The van der Waals surface area contributed by atoms with Crippen LogP contribution in [0.25, 0.3) is 0 Å². The first-order valence-electron chi connectivity index (χ1n) is 9.19. The lowest BCUT2D eigenvalue weighted by molar-refractivity contribution is -0.144. The van der Waals surface area contributed by atoms with Crippen molar-refractivity contribution in [3.63, 3.8) is 0 Å². The van der Waals surface area contributed by atoms with Gasteiger partial charge in [0, 0.05) is 12.3 Å². The predicted octanol–water partition coefficient (Wildman–Crippen LogP) is 3.48. The number of benzene rings is 1. The summed E-state index contributed by atoms with van der Waals surface area (Å²) in [6.45, 7) is 7.21. The van der Waals surface area contributed by atoms with E-state index in [9.17, 15) is 9.59 Å². The summed E-state index contributed by atoms with van der Waals surface area (Å²) in [6, 6.07) is 8.70. The van der Waals surface area contributed by atoms with Gasteiger partial charge in [-0.2, -0.15) is 0 Å². The minimum Gasteiger partial charge on any atom is -0.494 e. The van der Waals surface area contributed by atoms with Crippen LogP contribution in [-0.4, -0.2) is 24.2 Å². The van der Waals surface area contributed by atoms with E-state index in [-0.39, 0.29) is 30.2 Å². The van der Waals surface area contributed by atoms with Crippen molar-refractivity contribution < 1.29 is 19.0 Å². The van der Waals surface area contributed by atoms with Gasteiger partial charge in [0.05, 0.1) is 25.3 Å². The van der Waals surface area contributed by atoms with E-state index in [0.717, 1.165) is 17.7 Å². The molecule has 0 saturated carbocycles. The van der Waals surface area contributed by atoms with Gasteiger partial charge in [-0.3, -0.25) is 9.59 Å². The highest BCUT2D eigenvalue weighted by Crippen LogP contribution is 2.13. The van der Waals surface area contributed by atoms with Crippen molar-refractivity contribution in [1.29, 1.82) is 0 Å². The Morgan fingerprint density at radius 2 is 1.89 bits per heavy atom. The molecule has 146 valence electrons. The first kappa shape index (κ1) is 20.6. The third-order valence-corrected chi connectivity index (χ3v) is 3.86. The summed E-state index contributed by atoms with van der Waals surface area (Å²) in [5, 5.41) is 0. The van der Waals surface area contributed by atoms with Gasteiger partial charge in [-0.15, -0.1) is 0 Å². The zero-order valence-corrected chi connectivity index (χ0v) is 16.1. The van der Waals surface area contributed by atoms with Crippen molar-refractivity contribution in [1.82, 2.24) is 4.98 Å². The molecule has 0 saturated heterocycles. The highest BCUT2D eigenvalue weighted by molar-refractivity contribution is 5.72. The quantitative estimate of drug-likeness (QED) is 0.645. The van der Waals surface area contributed by atoms with Crippen molar-refractivity contribution in [3.8, 4) is 11.5 Å². The van der Waals surface area contributed by atoms with Crippen LogP contribution >= 0.6 is 0 Å². The molecule has 0 fully saturated rings. The zero-order chi connectivity index (χ0) is 19.6. The Bertz CT molecular complexity index is 780. The highest BCUT2D eigenvalue weighted by Gasteiger charge is 2.08. The lowest BCUT2D eigenvalue weighted by Gasteiger charge is -2.09. The smallest absolute Gasteiger partial charge is 0.310 e. The molecule has 1 aromatic carbocycles. The molecule has 27 heavy (non-hydrogen) atoms. The average Bonchev–Trinajstić information content (AvgIpc) is 2.63. The maximum Gasteiger partial charge on any atom is 0.310 e. The molecule has 0 radical (unpaired) electrons. The number of aromatic amines is 1. The Labute approximate surface area is 159 Å². The van der Waals surface area contributed by atoms with Crippen LogP contribution in [0.2, 0.25) is 0 Å². The number of H-pyrrole nitrogens is 1. The zero-order valence-electron chi connectivity index (χ0n) is 16.1. The SMILES string of the molecule is CCOc1ccc(CC(=O)OCc2cc(=O)c(OCCC(C)C)c[nH]2)cc1. The number of hydrogen-bond acceptors (Lipinski definition) is 5. The minimum absolute atomic E-state index is 0.0113. The van der Waals surface area contributed by atoms with E-state index in [0.29, 0.717) is 24.8 Å². The lowest BCUT2D eigenvalue weighted by atomic mass is 10.1. The van der Waals surface area contributed by atoms with Crippen LogP contribution < -0.4 is 14.9 Å². The monoisotopic (exact) mass is 373 g/mol. The molecule has 0 spiro atoms. The summed E-state index contributed by atoms with van der Waals surface area (Å²) in [7, 11) is 0. The van der Waals surface area contributed by atoms with Crippen molar-refractivity contribution in [3.05, 3.63) is 58.0 Å². The molecule has 0 aliphatic carbocycles. The maximum atomic E-state index is 12.0. The fraction of sp³-hybridized carbons (Fsp3) is 0.429. The largest absolute Gasteiger partial charge is 0.494 e. The van der Waals surface area contributed by atoms with Crippen LogP contribution in [0, 0.1) is 5.92 Å². The molecule has 1 aromatic heterocycles. The Kier molecular flexibility index (Phi) is 7.92. The number of esters is 1. The number of nitrogens with one attached hydrogen (secondary N) is 1. The topological polar surface area (TPSA) is 77.6 Å². The Hall–Kier alpha value is -2.76. The van der Waals surface area contributed by atoms with Crippen molar-refractivity contribution in [2.75, 3.05) is 13.2 Å². The van der Waals surface area contributed by atoms with Crippen LogP contribution in [0.5, 0.6) is 11.5 Å². The molecule has 0 aliphatic rings. The third kappa shape index (κ3) is 7.17. The summed E-state index contributed by atoms with van der Waals surface area (Å²) in [6.07, 6.45) is 2.55. The molecule has 0 unspecified atom stereocenters. The number of aromatic nitrogens is 1. The van der Waals surface area contributed by atoms with Crippen LogP contribution in [-0.2, 0) is 22.6 Å². The van der Waals surface area contributed by atoms with Crippen molar-refractivity contribution in [2.45, 2.75) is 40.2 Å². The highest BCUT2D eigenvalue weighted by atomic mass is 16.5. The second-order valence-electron chi connectivity index (χ2n) is 6.63. The van der Waals surface area contributed by atoms with E-state index in [4.69, 9.17) is 14.2 Å². The standard InChI is InChI=1S/C21H27NO5/c1-4-25-18-7-5-16(6-8-18)11-21(24)27-14-17-12-19(23)20(13-22-17)26-10-9-15(2)3/h5-8,12-13,15H,4,9-11,14H2,1-3H3,(H,22,23). The molecule has 6 heteroatoms. The van der Waals surface area contributed by atoms with E-state index in [2.05, 4.69) is 18.8 Å². The molecule has 2 aromatic rings. The van der Waals surface area contributed by atoms with Crippen LogP contribution in [0.1, 0.15) is 38.4 Å². The number of rotatable bonds is 10. The van der Waals surface area contributed by atoms with Gasteiger partial charge >= 0.3 is 5.97 Å². The molecule has 2 rings (SSSR count). The molecule has 0 bridgehead atoms. The van der Waals surface area contributed by atoms with Crippen LogP contribution in [0.3, 0.4) is 0 Å². The van der Waals surface area contributed by atoms with Gasteiger partial charge in [0.15, 0.2) is 5.75 Å². The summed E-state index contributed by atoms with van der Waals surface area (Å²) in [5.41, 5.74) is 1.14. The molecule has 0 amide bonds. The van der Waals surface area contributed by atoms with Gasteiger partial charge in [0.25, 0.3) is 0 Å². The predicted molar refractivity (Wildman–Crippen MR) is 103 cm³/mol. The summed E-state index contributed by atoms with van der Waals surface area (Å²) in [4.78, 5) is 27.0. The molecule has 0 atom stereocenters. The van der Waals surface area contributed by atoms with Gasteiger partial charge in [0.2, 0.25) is 5.43 Å². The Morgan fingerprint density at radius 3 is 2.52 bits per heavy atom. The Morgan fingerprint density at radius 1 is 1.15 bits per heavy atom. The summed E-state index contributed by atoms with van der Waals surface area (Å²) in [5.74, 6) is 1.19. The molecule has 1 heterocycles. The molecule has 6 nitrogen and oxygen atoms in total. The first-order chi connectivity index (χ1) is 13.0. The van der Waals surface area contributed by atoms with Crippen molar-refractivity contribution >= 4 is 5.97 Å². The van der Waals surface area contributed by atoms with E-state index in [1.165, 1.54) is 12.3 Å². The first-order valence-corrected chi connectivity index (χ1v) is 9.19. The van der Waals surface area contributed by atoms with Crippen LogP contribution in [0.4, 0.5) is 0 Å². The van der Waals surface area contributed by atoms with Gasteiger partial charge in [-0.25, -0.2) is 0 Å². The molecular weight excluding hydrogens is 346 g/mol. The summed E-state index contributed by atoms with van der Waals surface area (Å²) >= 11 is 0. The Balaban J connectivity index is 1.82. The fourth-order valence-electron chi connectivity index (χ4n) is 2.35. The number of hydrogen-bond donors (Lipinski definition) is 1. The maximum absolute atomic E-state index is 12.0. The average molecular weight is 373 g/mol. The van der Waals surface area contributed by atoms with E-state index >= 15 is 0 Å². The van der Waals surface area contributed by atoms with Gasteiger partial charge < -0.3 is 19.2 Å². The molecular formula is C21H27NO5.